The maximum absolute atomic E-state index is 13.0. The Labute approximate surface area is 210 Å². The minimum absolute atomic E-state index is 0.264. The number of carbonyl (C=O) groups is 1. The molecule has 0 bridgehead atoms. The van der Waals surface area contributed by atoms with Crippen LogP contribution in [-0.2, 0) is 4.79 Å². The summed E-state index contributed by atoms with van der Waals surface area (Å²) in [6, 6.07) is 10.4. The lowest BCUT2D eigenvalue weighted by Gasteiger charge is -2.34. The Balaban J connectivity index is 1.25. The smallest absolute Gasteiger partial charge is 0.225 e. The molecule has 0 spiro atoms. The number of amides is 1. The lowest BCUT2D eigenvalue weighted by atomic mass is 9.93. The number of nitrogens with zero attached hydrogens (tertiary/aromatic N) is 4. The molecule has 180 valence electrons. The van der Waals surface area contributed by atoms with E-state index in [2.05, 4.69) is 68.5 Å². The summed E-state index contributed by atoms with van der Waals surface area (Å²) in [7, 11) is 0. The largest absolute Gasteiger partial charge is 0.370 e. The fourth-order valence-corrected chi connectivity index (χ4v) is 5.80. The van der Waals surface area contributed by atoms with E-state index in [0.29, 0.717) is 11.8 Å². The molecule has 5 rings (SSSR count). The third kappa shape index (κ3) is 4.99. The van der Waals surface area contributed by atoms with Gasteiger partial charge in [0.25, 0.3) is 0 Å². The first-order chi connectivity index (χ1) is 16.6. The summed E-state index contributed by atoms with van der Waals surface area (Å²) in [5.41, 5.74) is 4.09. The quantitative estimate of drug-likeness (QED) is 0.411. The summed E-state index contributed by atoms with van der Waals surface area (Å²) in [6.45, 7) is 4.75. The van der Waals surface area contributed by atoms with Crippen molar-refractivity contribution in [1.29, 1.82) is 0 Å². The van der Waals surface area contributed by atoms with E-state index >= 15 is 0 Å². The average Bonchev–Trinajstić information content (AvgIpc) is 3.06. The van der Waals surface area contributed by atoms with Gasteiger partial charge in [-0.3, -0.25) is 4.79 Å². The standard InChI is InChI=1S/C27H34BrN5O/c1-19-8-6-7-11-22(19)24-16-25(33-26(31-24)23(28)18-30-33)29-17-20-12-14-32(15-13-20)27(34)21-9-4-2-3-5-10-21/h6-8,11,16,18,20-21,29H,2-5,9-10,12-15,17H2,1H3. The minimum Gasteiger partial charge on any atom is -0.370 e. The molecule has 3 heterocycles. The van der Waals surface area contributed by atoms with Gasteiger partial charge in [-0.15, -0.1) is 0 Å². The highest BCUT2D eigenvalue weighted by Crippen LogP contribution is 2.29. The zero-order chi connectivity index (χ0) is 23.5. The van der Waals surface area contributed by atoms with Gasteiger partial charge in [-0.25, -0.2) is 4.98 Å². The maximum Gasteiger partial charge on any atom is 0.225 e. The second kappa shape index (κ2) is 10.5. The molecule has 3 aromatic rings. The number of aromatic nitrogens is 3. The van der Waals surface area contributed by atoms with Gasteiger partial charge in [-0.1, -0.05) is 49.9 Å². The molecule has 6 nitrogen and oxygen atoms in total. The van der Waals surface area contributed by atoms with Crippen molar-refractivity contribution in [2.24, 2.45) is 11.8 Å². The van der Waals surface area contributed by atoms with Crippen molar-refractivity contribution >= 4 is 33.3 Å². The van der Waals surface area contributed by atoms with E-state index in [1.54, 1.807) is 6.20 Å². The molecule has 1 amide bonds. The van der Waals surface area contributed by atoms with Gasteiger partial charge in [0, 0.05) is 37.2 Å². The van der Waals surface area contributed by atoms with E-state index in [4.69, 9.17) is 4.98 Å². The Morgan fingerprint density at radius 3 is 2.56 bits per heavy atom. The van der Waals surface area contributed by atoms with Crippen molar-refractivity contribution in [2.75, 3.05) is 25.0 Å². The molecule has 1 saturated heterocycles. The number of anilines is 1. The van der Waals surface area contributed by atoms with Crippen LogP contribution in [0.15, 0.2) is 41.0 Å². The zero-order valence-corrected chi connectivity index (χ0v) is 21.6. The number of nitrogens with one attached hydrogen (secondary N) is 1. The van der Waals surface area contributed by atoms with Crippen molar-refractivity contribution in [3.8, 4) is 11.3 Å². The van der Waals surface area contributed by atoms with Crippen LogP contribution in [0.25, 0.3) is 16.9 Å². The SMILES string of the molecule is Cc1ccccc1-c1cc(NCC2CCN(C(=O)C3CCCCCC3)CC2)n2ncc(Br)c2n1. The van der Waals surface area contributed by atoms with Crippen molar-refractivity contribution in [3.63, 3.8) is 0 Å². The van der Waals surface area contributed by atoms with Crippen LogP contribution in [0.5, 0.6) is 0 Å². The number of halogens is 1. The summed E-state index contributed by atoms with van der Waals surface area (Å²) in [6.07, 6.45) is 11.1. The van der Waals surface area contributed by atoms with Crippen LogP contribution < -0.4 is 5.32 Å². The number of likely N-dealkylation sites (tertiary alicyclic amines) is 1. The second-order valence-electron chi connectivity index (χ2n) is 9.91. The third-order valence-electron chi connectivity index (χ3n) is 7.55. The van der Waals surface area contributed by atoms with Crippen LogP contribution in [0.1, 0.15) is 56.9 Å². The topological polar surface area (TPSA) is 62.5 Å². The van der Waals surface area contributed by atoms with Crippen LogP contribution in [0, 0.1) is 18.8 Å². The maximum atomic E-state index is 13.0. The number of hydrogen-bond acceptors (Lipinski definition) is 4. The molecule has 1 aliphatic heterocycles. The van der Waals surface area contributed by atoms with Crippen LogP contribution in [-0.4, -0.2) is 45.0 Å². The Morgan fingerprint density at radius 2 is 1.82 bits per heavy atom. The van der Waals surface area contributed by atoms with Gasteiger partial charge in [0.05, 0.1) is 16.4 Å². The number of hydrogen-bond donors (Lipinski definition) is 1. The van der Waals surface area contributed by atoms with Crippen molar-refractivity contribution in [3.05, 3.63) is 46.6 Å². The Hall–Kier alpha value is -2.41. The van der Waals surface area contributed by atoms with Gasteiger partial charge >= 0.3 is 0 Å². The number of rotatable bonds is 5. The fourth-order valence-electron chi connectivity index (χ4n) is 5.45. The number of benzene rings is 1. The zero-order valence-electron chi connectivity index (χ0n) is 20.0. The molecule has 2 aromatic heterocycles. The molecule has 1 saturated carbocycles. The second-order valence-corrected chi connectivity index (χ2v) is 10.8. The Kier molecular flexibility index (Phi) is 7.18. The molecule has 2 aliphatic rings. The summed E-state index contributed by atoms with van der Waals surface area (Å²) in [5, 5.41) is 8.18. The monoisotopic (exact) mass is 523 g/mol. The minimum atomic E-state index is 0.264. The van der Waals surface area contributed by atoms with E-state index in [1.807, 2.05) is 4.52 Å². The van der Waals surface area contributed by atoms with Crippen LogP contribution in [0.4, 0.5) is 5.82 Å². The lowest BCUT2D eigenvalue weighted by molar-refractivity contribution is -0.137. The van der Waals surface area contributed by atoms with Gasteiger partial charge in [0.15, 0.2) is 5.65 Å². The van der Waals surface area contributed by atoms with Crippen molar-refractivity contribution in [2.45, 2.75) is 58.3 Å². The average molecular weight is 525 g/mol. The molecule has 1 aliphatic carbocycles. The molecule has 0 atom stereocenters. The van der Waals surface area contributed by atoms with Gasteiger partial charge in [0.2, 0.25) is 5.91 Å². The molecule has 34 heavy (non-hydrogen) atoms. The number of piperidine rings is 1. The number of carbonyl (C=O) groups excluding carboxylic acids is 1. The van der Waals surface area contributed by atoms with Crippen LogP contribution >= 0.6 is 15.9 Å². The van der Waals surface area contributed by atoms with Crippen molar-refractivity contribution in [1.82, 2.24) is 19.5 Å². The molecule has 0 radical (unpaired) electrons. The first-order valence-corrected chi connectivity index (χ1v) is 13.5. The lowest BCUT2D eigenvalue weighted by Crippen LogP contribution is -2.42. The van der Waals surface area contributed by atoms with E-state index in [0.717, 1.165) is 72.5 Å². The molecule has 1 N–H and O–H groups in total. The number of aryl methyl sites for hydroxylation is 1. The highest BCUT2D eigenvalue weighted by atomic mass is 79.9. The van der Waals surface area contributed by atoms with E-state index in [1.165, 1.54) is 31.2 Å². The van der Waals surface area contributed by atoms with E-state index in [9.17, 15) is 4.79 Å². The van der Waals surface area contributed by atoms with E-state index < -0.39 is 0 Å². The normalized spacial score (nSPS) is 18.2. The van der Waals surface area contributed by atoms with Crippen LogP contribution in [0.2, 0.25) is 0 Å². The van der Waals surface area contributed by atoms with Gasteiger partial charge < -0.3 is 10.2 Å². The molecule has 7 heteroatoms. The molecule has 0 unspecified atom stereocenters. The predicted octanol–water partition coefficient (Wildman–Crippen LogP) is 6.09. The summed E-state index contributed by atoms with van der Waals surface area (Å²) < 4.78 is 2.76. The fraction of sp³-hybridized carbons (Fsp3) is 0.519. The molecule has 2 fully saturated rings. The van der Waals surface area contributed by atoms with Gasteiger partial charge in [-0.05, 0) is 60.0 Å². The Morgan fingerprint density at radius 1 is 1.09 bits per heavy atom. The summed E-state index contributed by atoms with van der Waals surface area (Å²) in [5.74, 6) is 2.17. The summed E-state index contributed by atoms with van der Waals surface area (Å²) in [4.78, 5) is 20.0. The molecular formula is C27H34BrN5O. The summed E-state index contributed by atoms with van der Waals surface area (Å²) >= 11 is 3.60. The predicted molar refractivity (Wildman–Crippen MR) is 140 cm³/mol. The molecule has 1 aromatic carbocycles. The van der Waals surface area contributed by atoms with Crippen LogP contribution in [0.3, 0.4) is 0 Å². The van der Waals surface area contributed by atoms with Gasteiger partial charge in [0.1, 0.15) is 5.82 Å². The van der Waals surface area contributed by atoms with E-state index in [-0.39, 0.29) is 5.92 Å². The first-order valence-electron chi connectivity index (χ1n) is 12.7. The van der Waals surface area contributed by atoms with Crippen molar-refractivity contribution < 1.29 is 4.79 Å². The highest BCUT2D eigenvalue weighted by molar-refractivity contribution is 9.10. The number of fused-ring (bicyclic) bond motifs is 1. The molecular weight excluding hydrogens is 490 g/mol. The first kappa shape index (κ1) is 23.3. The Bertz CT molecular complexity index is 1140. The third-order valence-corrected chi connectivity index (χ3v) is 8.11. The highest BCUT2D eigenvalue weighted by Gasteiger charge is 2.28. The van der Waals surface area contributed by atoms with Gasteiger partial charge in [-0.2, -0.15) is 9.61 Å².